The van der Waals surface area contributed by atoms with Crippen LogP contribution in [0.15, 0.2) is 18.2 Å². The quantitative estimate of drug-likeness (QED) is 0.810. The number of ether oxygens (including phenoxy) is 1. The van der Waals surface area contributed by atoms with E-state index in [1.54, 1.807) is 0 Å². The van der Waals surface area contributed by atoms with Gasteiger partial charge in [0.15, 0.2) is 11.6 Å². The molecule has 1 aliphatic rings. The van der Waals surface area contributed by atoms with Crippen molar-refractivity contribution in [1.29, 1.82) is 0 Å². The van der Waals surface area contributed by atoms with Crippen LogP contribution in [0.3, 0.4) is 0 Å². The molecule has 0 saturated carbocycles. The number of nitrogens with zero attached hydrogens (tertiary/aromatic N) is 1. The normalized spacial score (nSPS) is 18.1. The second-order valence-corrected chi connectivity index (χ2v) is 4.95. The van der Waals surface area contributed by atoms with Crippen molar-refractivity contribution >= 4 is 0 Å². The lowest BCUT2D eigenvalue weighted by Gasteiger charge is -2.28. The summed E-state index contributed by atoms with van der Waals surface area (Å²) in [5, 5.41) is 12.9. The highest BCUT2D eigenvalue weighted by Crippen LogP contribution is 2.08. The van der Waals surface area contributed by atoms with Gasteiger partial charge in [0.2, 0.25) is 0 Å². The Bertz CT molecular complexity index is 426. The smallest absolute Gasteiger partial charge is 0.159 e. The van der Waals surface area contributed by atoms with Gasteiger partial charge in [0.25, 0.3) is 0 Å². The Hall–Kier alpha value is -1.08. The summed E-state index contributed by atoms with van der Waals surface area (Å²) in [6.45, 7) is 4.48. The van der Waals surface area contributed by atoms with Crippen molar-refractivity contribution in [2.75, 3.05) is 39.4 Å². The average Bonchev–Trinajstić information content (AvgIpc) is 2.44. The van der Waals surface area contributed by atoms with Gasteiger partial charge in [0.05, 0.1) is 19.3 Å². The molecule has 1 aliphatic heterocycles. The maximum absolute atomic E-state index is 13.0. The lowest BCUT2D eigenvalue weighted by Crippen LogP contribution is -2.43. The summed E-state index contributed by atoms with van der Waals surface area (Å²) in [4.78, 5) is 2.15. The van der Waals surface area contributed by atoms with Crippen LogP contribution in [-0.2, 0) is 11.3 Å². The number of aliphatic hydroxyl groups is 1. The van der Waals surface area contributed by atoms with Crippen LogP contribution in [0.4, 0.5) is 8.78 Å². The van der Waals surface area contributed by atoms with Crippen molar-refractivity contribution in [3.05, 3.63) is 35.4 Å². The average molecular weight is 286 g/mol. The molecule has 112 valence electrons. The number of hydrogen-bond acceptors (Lipinski definition) is 4. The van der Waals surface area contributed by atoms with Crippen molar-refractivity contribution < 1.29 is 18.6 Å². The number of halogens is 2. The molecular weight excluding hydrogens is 266 g/mol. The summed E-state index contributed by atoms with van der Waals surface area (Å²) >= 11 is 0. The molecule has 1 saturated heterocycles. The molecule has 0 amide bonds. The molecule has 2 N–H and O–H groups in total. The Balaban J connectivity index is 1.67. The summed E-state index contributed by atoms with van der Waals surface area (Å²) in [5.74, 6) is -1.70. The SMILES string of the molecule is OC(CNCc1ccc(F)c(F)c1)CN1CCOCC1. The molecule has 0 spiro atoms. The molecule has 2 rings (SSSR count). The first-order valence-electron chi connectivity index (χ1n) is 6.78. The zero-order valence-corrected chi connectivity index (χ0v) is 11.3. The molecule has 6 heteroatoms. The largest absolute Gasteiger partial charge is 0.390 e. The van der Waals surface area contributed by atoms with Gasteiger partial charge in [-0.1, -0.05) is 6.07 Å². The van der Waals surface area contributed by atoms with Crippen LogP contribution in [0.5, 0.6) is 0 Å². The van der Waals surface area contributed by atoms with Gasteiger partial charge in [-0.2, -0.15) is 0 Å². The third-order valence-corrected chi connectivity index (χ3v) is 3.27. The Morgan fingerprint density at radius 1 is 1.25 bits per heavy atom. The number of morpholine rings is 1. The Labute approximate surface area is 117 Å². The van der Waals surface area contributed by atoms with Crippen LogP contribution in [0, 0.1) is 11.6 Å². The minimum atomic E-state index is -0.849. The molecule has 0 aliphatic carbocycles. The van der Waals surface area contributed by atoms with E-state index in [1.807, 2.05) is 0 Å². The van der Waals surface area contributed by atoms with Crippen LogP contribution in [-0.4, -0.2) is 55.5 Å². The van der Waals surface area contributed by atoms with Gasteiger partial charge < -0.3 is 15.2 Å². The van der Waals surface area contributed by atoms with E-state index in [-0.39, 0.29) is 0 Å². The lowest BCUT2D eigenvalue weighted by atomic mass is 10.2. The first kappa shape index (κ1) is 15.3. The van der Waals surface area contributed by atoms with Gasteiger partial charge >= 0.3 is 0 Å². The van der Waals surface area contributed by atoms with E-state index in [4.69, 9.17) is 4.74 Å². The van der Waals surface area contributed by atoms with E-state index in [0.29, 0.717) is 38.4 Å². The van der Waals surface area contributed by atoms with Crippen LogP contribution in [0.25, 0.3) is 0 Å². The van der Waals surface area contributed by atoms with E-state index in [1.165, 1.54) is 6.07 Å². The van der Waals surface area contributed by atoms with E-state index in [9.17, 15) is 13.9 Å². The van der Waals surface area contributed by atoms with Crippen molar-refractivity contribution in [2.24, 2.45) is 0 Å². The second kappa shape index (κ2) is 7.64. The summed E-state index contributed by atoms with van der Waals surface area (Å²) in [7, 11) is 0. The number of nitrogens with one attached hydrogen (secondary N) is 1. The van der Waals surface area contributed by atoms with Crippen molar-refractivity contribution in [2.45, 2.75) is 12.6 Å². The number of aliphatic hydroxyl groups excluding tert-OH is 1. The third-order valence-electron chi connectivity index (χ3n) is 3.27. The maximum atomic E-state index is 13.0. The first-order valence-corrected chi connectivity index (χ1v) is 6.78. The second-order valence-electron chi connectivity index (χ2n) is 4.95. The molecule has 0 radical (unpaired) electrons. The molecule has 1 aromatic rings. The van der Waals surface area contributed by atoms with Gasteiger partial charge in [-0.15, -0.1) is 0 Å². The molecule has 1 aromatic carbocycles. The molecule has 1 atom stereocenters. The summed E-state index contributed by atoms with van der Waals surface area (Å²) < 4.78 is 31.0. The first-order chi connectivity index (χ1) is 9.65. The Morgan fingerprint density at radius 2 is 2.00 bits per heavy atom. The van der Waals surface area contributed by atoms with Crippen LogP contribution >= 0.6 is 0 Å². The number of β-amino-alcohol motifs (C(OH)–C–C–N with tert-alkyl or cyclic N) is 1. The van der Waals surface area contributed by atoms with Gasteiger partial charge in [-0.3, -0.25) is 4.90 Å². The lowest BCUT2D eigenvalue weighted by molar-refractivity contribution is 0.0149. The van der Waals surface area contributed by atoms with E-state index in [0.717, 1.165) is 25.2 Å². The van der Waals surface area contributed by atoms with Crippen LogP contribution < -0.4 is 5.32 Å². The topological polar surface area (TPSA) is 44.7 Å². The molecule has 20 heavy (non-hydrogen) atoms. The number of benzene rings is 1. The molecule has 0 aromatic heterocycles. The molecule has 1 heterocycles. The number of rotatable bonds is 6. The molecule has 0 bridgehead atoms. The van der Waals surface area contributed by atoms with Gasteiger partial charge in [0.1, 0.15) is 0 Å². The molecular formula is C14H20F2N2O2. The predicted octanol–water partition coefficient (Wildman–Crippen LogP) is 0.747. The molecule has 1 fully saturated rings. The third kappa shape index (κ3) is 4.79. The minimum absolute atomic E-state index is 0.400. The van der Waals surface area contributed by atoms with Crippen LogP contribution in [0.1, 0.15) is 5.56 Å². The monoisotopic (exact) mass is 286 g/mol. The molecule has 4 nitrogen and oxygen atoms in total. The van der Waals surface area contributed by atoms with Crippen molar-refractivity contribution in [3.8, 4) is 0 Å². The summed E-state index contributed by atoms with van der Waals surface area (Å²) in [6, 6.07) is 3.80. The highest BCUT2D eigenvalue weighted by molar-refractivity contribution is 5.17. The highest BCUT2D eigenvalue weighted by Gasteiger charge is 2.14. The fourth-order valence-electron chi connectivity index (χ4n) is 2.18. The Morgan fingerprint density at radius 3 is 2.70 bits per heavy atom. The van der Waals surface area contributed by atoms with Crippen LogP contribution in [0.2, 0.25) is 0 Å². The van der Waals surface area contributed by atoms with E-state index >= 15 is 0 Å². The van der Waals surface area contributed by atoms with Gasteiger partial charge in [-0.05, 0) is 17.7 Å². The molecule has 1 unspecified atom stereocenters. The van der Waals surface area contributed by atoms with E-state index in [2.05, 4.69) is 10.2 Å². The number of hydrogen-bond donors (Lipinski definition) is 2. The maximum Gasteiger partial charge on any atom is 0.159 e. The van der Waals surface area contributed by atoms with Crippen molar-refractivity contribution in [1.82, 2.24) is 10.2 Å². The standard InChI is InChI=1S/C14H20F2N2O2/c15-13-2-1-11(7-14(13)16)8-17-9-12(19)10-18-3-5-20-6-4-18/h1-2,7,12,17,19H,3-6,8-10H2. The summed E-state index contributed by atoms with van der Waals surface area (Å²) in [6.07, 6.45) is -0.488. The van der Waals surface area contributed by atoms with Crippen molar-refractivity contribution in [3.63, 3.8) is 0 Å². The summed E-state index contributed by atoms with van der Waals surface area (Å²) in [5.41, 5.74) is 0.655. The predicted molar refractivity (Wildman–Crippen MR) is 71.3 cm³/mol. The van der Waals surface area contributed by atoms with E-state index < -0.39 is 17.7 Å². The van der Waals surface area contributed by atoms with Gasteiger partial charge in [-0.25, -0.2) is 8.78 Å². The highest BCUT2D eigenvalue weighted by atomic mass is 19.2. The zero-order valence-electron chi connectivity index (χ0n) is 11.3. The fourth-order valence-corrected chi connectivity index (χ4v) is 2.18. The van der Waals surface area contributed by atoms with Gasteiger partial charge in [0, 0.05) is 32.7 Å². The zero-order chi connectivity index (χ0) is 14.4. The fraction of sp³-hybridized carbons (Fsp3) is 0.571. The minimum Gasteiger partial charge on any atom is -0.390 e. The Kier molecular flexibility index (Phi) is 5.85.